The molecule has 2 amide bonds. The third kappa shape index (κ3) is 22.7. The van der Waals surface area contributed by atoms with Crippen molar-refractivity contribution in [1.29, 1.82) is 0 Å². The second kappa shape index (κ2) is 39.0. The number of rotatable bonds is 36. The average Bonchev–Trinajstić information content (AvgIpc) is 1.55. The predicted molar refractivity (Wildman–Crippen MR) is 369 cm³/mol. The van der Waals surface area contributed by atoms with Gasteiger partial charge in [0.2, 0.25) is 0 Å². The van der Waals surface area contributed by atoms with E-state index >= 15 is 0 Å². The Hall–Kier alpha value is -7.18. The Kier molecular flexibility index (Phi) is 31.7. The van der Waals surface area contributed by atoms with E-state index in [0.29, 0.717) is 74.0 Å². The minimum absolute atomic E-state index is 0.0445. The molecule has 4 aliphatic heterocycles. The number of amides is 2. The Balaban J connectivity index is 0.000000278. The number of anilines is 2. The van der Waals surface area contributed by atoms with Crippen LogP contribution in [0.2, 0.25) is 0 Å². The second-order valence-electron chi connectivity index (χ2n) is 27.1. The summed E-state index contributed by atoms with van der Waals surface area (Å²) in [6, 6.07) is 8.94. The summed E-state index contributed by atoms with van der Waals surface area (Å²) in [5.74, 6) is -0.893. The number of aromatic nitrogens is 6. The molecule has 4 saturated heterocycles. The summed E-state index contributed by atoms with van der Waals surface area (Å²) in [4.78, 5) is 67.9. The predicted octanol–water partition coefficient (Wildman–Crippen LogP) is 8.19. The highest BCUT2D eigenvalue weighted by molar-refractivity contribution is 5.98. The van der Waals surface area contributed by atoms with Crippen molar-refractivity contribution in [1.82, 2.24) is 60.6 Å². The first-order valence-electron chi connectivity index (χ1n) is 34.3. The van der Waals surface area contributed by atoms with Crippen molar-refractivity contribution in [2.45, 2.75) is 144 Å². The minimum atomic E-state index is -1.26. The van der Waals surface area contributed by atoms with E-state index in [1.54, 1.807) is 38.2 Å². The summed E-state index contributed by atoms with van der Waals surface area (Å²) < 4.78 is 62.3. The quantitative estimate of drug-likeness (QED) is 0.0246. The molecule has 4 N–H and O–H groups in total. The van der Waals surface area contributed by atoms with Crippen LogP contribution in [0.1, 0.15) is 128 Å². The topological polar surface area (TPSA) is 285 Å². The Morgan fingerprint density at radius 1 is 0.592 bits per heavy atom. The fourth-order valence-corrected chi connectivity index (χ4v) is 13.7. The maximum Gasteiger partial charge on any atom is 0.328 e. The van der Waals surface area contributed by atoms with Gasteiger partial charge < -0.3 is 68.9 Å². The zero-order valence-corrected chi connectivity index (χ0v) is 60.0. The van der Waals surface area contributed by atoms with Crippen LogP contribution in [0.5, 0.6) is 23.3 Å². The monoisotopic (exact) mass is 1370 g/mol. The van der Waals surface area contributed by atoms with Crippen LogP contribution in [-0.2, 0) is 28.5 Å². The minimum Gasteiger partial charge on any atom is -0.478 e. The number of methoxy groups -OCH3 is 4. The van der Waals surface area contributed by atoms with Crippen LogP contribution in [0, 0.1) is 34.3 Å². The van der Waals surface area contributed by atoms with Gasteiger partial charge in [0, 0.05) is 154 Å². The molecule has 4 fully saturated rings. The summed E-state index contributed by atoms with van der Waals surface area (Å²) in [7, 11) is 6.83. The summed E-state index contributed by atoms with van der Waals surface area (Å²) >= 11 is 0. The highest BCUT2D eigenvalue weighted by Gasteiger charge is 2.52. The number of likely N-dealkylation sites (tertiary alicyclic amines) is 2. The number of ether oxygens (including phenoxy) is 6. The molecule has 6 heterocycles. The summed E-state index contributed by atoms with van der Waals surface area (Å²) in [5, 5.41) is 39.1. The van der Waals surface area contributed by atoms with Gasteiger partial charge in [-0.15, -0.1) is 20.4 Å². The normalized spacial score (nSPS) is 16.9. The van der Waals surface area contributed by atoms with Crippen LogP contribution in [-0.4, -0.2) is 254 Å². The second-order valence-corrected chi connectivity index (χ2v) is 27.1. The molecule has 4 aromatic rings. The number of halogens is 2. The number of carboxylic acid groups (broad SMARTS) is 2. The number of nitrogens with one attached hydrogen (secondary N) is 2. The lowest BCUT2D eigenvalue weighted by molar-refractivity contribution is -0.134. The van der Waals surface area contributed by atoms with E-state index in [1.807, 2.05) is 41.5 Å². The van der Waals surface area contributed by atoms with Crippen molar-refractivity contribution >= 4 is 35.4 Å². The standard InChI is InChI=1S/2C33H52FN7O4.C4H4O4/c2*1-8-41(24(4)5)32(42)27-16-25(34)11-12-29(27)45-31-30(36-22-37-38-31)39-15-13-33(19-39)20-40(21-33)28(23(2)3)10-9-14-35-17-26(44-7)18-43-6;5-3(6)1-2-4(7)8/h2*11-12,16,22-24,26,28,35H,8-10,13-15,17-21H2,1-7H3;1-2H,(H,5,6)(H,7,8)/b;;2-1+/t2*26?,28-;/m11./s1. The van der Waals surface area contributed by atoms with E-state index in [4.69, 9.17) is 38.6 Å². The Morgan fingerprint density at radius 3 is 1.29 bits per heavy atom. The van der Waals surface area contributed by atoms with Crippen LogP contribution in [0.15, 0.2) is 61.2 Å². The van der Waals surface area contributed by atoms with Crippen molar-refractivity contribution in [2.24, 2.45) is 22.7 Å². The number of hydrogen-bond donors (Lipinski definition) is 4. The van der Waals surface area contributed by atoms with Crippen LogP contribution < -0.4 is 29.9 Å². The first-order valence-corrected chi connectivity index (χ1v) is 34.3. The van der Waals surface area contributed by atoms with E-state index in [0.717, 1.165) is 117 Å². The maximum absolute atomic E-state index is 14.3. The molecule has 4 atom stereocenters. The van der Waals surface area contributed by atoms with Crippen molar-refractivity contribution in [3.8, 4) is 23.3 Å². The molecule has 26 nitrogen and oxygen atoms in total. The van der Waals surface area contributed by atoms with E-state index in [9.17, 15) is 28.0 Å². The van der Waals surface area contributed by atoms with Crippen molar-refractivity contribution in [3.05, 3.63) is 84.0 Å². The highest BCUT2D eigenvalue weighted by atomic mass is 19.1. The molecule has 2 spiro atoms. The molecule has 2 aromatic heterocycles. The van der Waals surface area contributed by atoms with Crippen LogP contribution in [0.25, 0.3) is 0 Å². The number of carboxylic acids is 2. The molecule has 28 heteroatoms. The third-order valence-corrected chi connectivity index (χ3v) is 18.6. The van der Waals surface area contributed by atoms with E-state index in [2.05, 4.69) is 88.3 Å². The van der Waals surface area contributed by atoms with Crippen LogP contribution >= 0.6 is 0 Å². The van der Waals surface area contributed by atoms with Crippen molar-refractivity contribution in [2.75, 3.05) is 143 Å². The molecule has 8 rings (SSSR count). The van der Waals surface area contributed by atoms with Crippen molar-refractivity contribution in [3.63, 3.8) is 0 Å². The molecule has 2 aromatic carbocycles. The summed E-state index contributed by atoms with van der Waals surface area (Å²) in [5.41, 5.74) is 0.682. The first-order chi connectivity index (χ1) is 46.8. The van der Waals surface area contributed by atoms with Gasteiger partial charge in [0.05, 0.1) is 36.5 Å². The molecular formula is C70H108F2N14O12. The van der Waals surface area contributed by atoms with Gasteiger partial charge in [-0.05, 0) is 141 Å². The number of carbonyl (C=O) groups is 4. The molecule has 0 aliphatic carbocycles. The van der Waals surface area contributed by atoms with Gasteiger partial charge in [-0.25, -0.2) is 28.3 Å². The first kappa shape index (κ1) is 79.8. The Morgan fingerprint density at radius 2 is 0.969 bits per heavy atom. The lowest BCUT2D eigenvalue weighted by Gasteiger charge is -2.53. The molecule has 4 aliphatic rings. The average molecular weight is 1380 g/mol. The fourth-order valence-electron chi connectivity index (χ4n) is 13.7. The van der Waals surface area contributed by atoms with Gasteiger partial charge in [0.1, 0.15) is 35.8 Å². The zero-order valence-electron chi connectivity index (χ0n) is 60.0. The highest BCUT2D eigenvalue weighted by Crippen LogP contribution is 2.47. The number of aliphatic carboxylic acids is 2. The Bertz CT molecular complexity index is 2970. The Labute approximate surface area is 577 Å². The fraction of sp³-hybridized carbons (Fsp3) is 0.657. The van der Waals surface area contributed by atoms with Crippen molar-refractivity contribution < 1.29 is 66.6 Å². The molecule has 2 unspecified atom stereocenters. The van der Waals surface area contributed by atoms with Gasteiger partial charge in [-0.3, -0.25) is 19.4 Å². The molecule has 544 valence electrons. The molecule has 0 bridgehead atoms. The number of hydrogen-bond acceptors (Lipinski definition) is 22. The van der Waals surface area contributed by atoms with Crippen LogP contribution in [0.3, 0.4) is 0 Å². The zero-order chi connectivity index (χ0) is 71.7. The molecule has 98 heavy (non-hydrogen) atoms. The number of benzene rings is 2. The number of carbonyl (C=O) groups excluding carboxylic acids is 2. The molecule has 0 saturated carbocycles. The van der Waals surface area contributed by atoms with Gasteiger partial charge in [-0.2, -0.15) is 0 Å². The third-order valence-electron chi connectivity index (χ3n) is 18.6. The largest absolute Gasteiger partial charge is 0.478 e. The summed E-state index contributed by atoms with van der Waals surface area (Å²) in [6.07, 6.45) is 10.7. The van der Waals surface area contributed by atoms with E-state index < -0.39 is 23.6 Å². The lowest BCUT2D eigenvalue weighted by Crippen LogP contribution is -2.62. The lowest BCUT2D eigenvalue weighted by atomic mass is 9.76. The van der Waals surface area contributed by atoms with Gasteiger partial charge >= 0.3 is 11.9 Å². The van der Waals surface area contributed by atoms with E-state index in [-0.39, 0.29) is 81.3 Å². The van der Waals surface area contributed by atoms with Crippen LogP contribution in [0.4, 0.5) is 20.4 Å². The smallest absolute Gasteiger partial charge is 0.328 e. The molecule has 0 radical (unpaired) electrons. The van der Waals surface area contributed by atoms with Gasteiger partial charge in [0.25, 0.3) is 23.6 Å². The van der Waals surface area contributed by atoms with Gasteiger partial charge in [-0.1, -0.05) is 27.7 Å². The SMILES string of the molecule is CCN(C(=O)c1cc(F)ccc1Oc1nncnc1N1CCC2(C1)CN([C@H](CCCNCC(COC)OC)C(C)C)C2)C(C)C.CCN(C(=O)c1cc(F)ccc1Oc1nncnc1N1CCC2(C1)CN([C@H](CCCNCC(COC)OC)C(C)C)C2)C(C)C.O=C(O)/C=C/C(=O)O. The van der Waals surface area contributed by atoms with Gasteiger partial charge in [0.15, 0.2) is 11.6 Å². The molecular weight excluding hydrogens is 1270 g/mol. The number of nitrogens with zero attached hydrogens (tertiary/aromatic N) is 12. The van der Waals surface area contributed by atoms with E-state index in [1.165, 1.54) is 49.1 Å². The maximum atomic E-state index is 14.3. The summed E-state index contributed by atoms with van der Waals surface area (Å²) in [6.45, 7) is 34.0.